The molecule has 2 aliphatic rings. The standard InChI is InChI=1S/C31H57N5O7/c1-20(2)26(33-30(40)42-5)28(38)32-24(17-22-13-9-7-10-14-22)25(37)19-36(18-23-15-11-8-12-16-23)35-29(39)27(21(3)4)34-31(41)43-6/h20-27,37H,7-19H2,1-6H3,(H,32,38)(H,33,40)(H,34,41)(H,35,39)/t24?,25?,26-,27-/m0/s1. The molecule has 248 valence electrons. The molecule has 2 rings (SSSR count). The van der Waals surface area contributed by atoms with Gasteiger partial charge in [-0.3, -0.25) is 15.0 Å². The van der Waals surface area contributed by atoms with Gasteiger partial charge in [0.25, 0.3) is 5.91 Å². The lowest BCUT2D eigenvalue weighted by molar-refractivity contribution is -0.131. The third-order valence-corrected chi connectivity index (χ3v) is 8.80. The van der Waals surface area contributed by atoms with Gasteiger partial charge in [-0.15, -0.1) is 0 Å². The van der Waals surface area contributed by atoms with E-state index < -0.39 is 42.3 Å². The third-order valence-electron chi connectivity index (χ3n) is 8.80. The van der Waals surface area contributed by atoms with Gasteiger partial charge in [0, 0.05) is 13.1 Å². The summed E-state index contributed by atoms with van der Waals surface area (Å²) in [5.41, 5.74) is 2.97. The first-order valence-corrected chi connectivity index (χ1v) is 16.2. The molecule has 2 fully saturated rings. The van der Waals surface area contributed by atoms with Crippen LogP contribution >= 0.6 is 0 Å². The Morgan fingerprint density at radius 3 is 1.65 bits per heavy atom. The van der Waals surface area contributed by atoms with Crippen molar-refractivity contribution in [3.8, 4) is 0 Å². The third kappa shape index (κ3) is 12.9. The normalized spacial score (nSPS) is 19.3. The minimum Gasteiger partial charge on any atom is -0.453 e. The van der Waals surface area contributed by atoms with Gasteiger partial charge in [-0.2, -0.15) is 0 Å². The number of nitrogens with zero attached hydrogens (tertiary/aromatic N) is 1. The summed E-state index contributed by atoms with van der Waals surface area (Å²) in [7, 11) is 2.50. The number of carbonyl (C=O) groups is 4. The van der Waals surface area contributed by atoms with Gasteiger partial charge in [-0.1, -0.05) is 79.1 Å². The SMILES string of the molecule is COC(=O)N[C@H](C(=O)NC(CC1CCCCC1)C(O)CN(CC1CCCCC1)NC(=O)[C@@H](NC(=O)OC)C(C)C)C(C)C. The number of alkyl carbamates (subject to hydrolysis) is 2. The Morgan fingerprint density at radius 1 is 0.721 bits per heavy atom. The van der Waals surface area contributed by atoms with Crippen molar-refractivity contribution in [2.45, 2.75) is 123 Å². The first-order chi connectivity index (χ1) is 20.4. The van der Waals surface area contributed by atoms with E-state index in [4.69, 9.17) is 9.47 Å². The maximum absolute atomic E-state index is 13.4. The molecule has 2 saturated carbocycles. The molecule has 0 radical (unpaired) electrons. The minimum absolute atomic E-state index is 0.0969. The first kappa shape index (κ1) is 36.6. The topological polar surface area (TPSA) is 158 Å². The van der Waals surface area contributed by atoms with Crippen LogP contribution in [0.5, 0.6) is 0 Å². The van der Waals surface area contributed by atoms with Crippen molar-refractivity contribution in [2.75, 3.05) is 27.3 Å². The van der Waals surface area contributed by atoms with E-state index in [0.29, 0.717) is 24.8 Å². The molecule has 0 bridgehead atoms. The average Bonchev–Trinajstić information content (AvgIpc) is 2.98. The van der Waals surface area contributed by atoms with E-state index in [9.17, 15) is 24.3 Å². The number of nitrogens with one attached hydrogen (secondary N) is 4. The molecule has 0 saturated heterocycles. The van der Waals surface area contributed by atoms with Crippen molar-refractivity contribution >= 4 is 24.0 Å². The monoisotopic (exact) mass is 611 g/mol. The van der Waals surface area contributed by atoms with Crippen LogP contribution in [0.15, 0.2) is 0 Å². The van der Waals surface area contributed by atoms with Gasteiger partial charge in [0.2, 0.25) is 5.91 Å². The molecule has 0 heterocycles. The number of hydrogen-bond donors (Lipinski definition) is 5. The highest BCUT2D eigenvalue weighted by Gasteiger charge is 2.34. The summed E-state index contributed by atoms with van der Waals surface area (Å²) in [6, 6.07) is -2.24. The number of rotatable bonds is 15. The fourth-order valence-corrected chi connectivity index (χ4v) is 6.23. The zero-order chi connectivity index (χ0) is 31.9. The fraction of sp³-hybridized carbons (Fsp3) is 0.871. The van der Waals surface area contributed by atoms with Gasteiger partial charge in [-0.25, -0.2) is 14.6 Å². The number of aliphatic hydroxyl groups is 1. The van der Waals surface area contributed by atoms with Gasteiger partial charge >= 0.3 is 12.2 Å². The van der Waals surface area contributed by atoms with Crippen LogP contribution in [0, 0.1) is 23.7 Å². The molecule has 2 aliphatic carbocycles. The molecule has 0 aliphatic heterocycles. The second kappa shape index (κ2) is 18.9. The summed E-state index contributed by atoms with van der Waals surface area (Å²) in [4.78, 5) is 50.7. The highest BCUT2D eigenvalue weighted by atomic mass is 16.5. The van der Waals surface area contributed by atoms with Crippen LogP contribution in [0.3, 0.4) is 0 Å². The van der Waals surface area contributed by atoms with Crippen LogP contribution in [-0.2, 0) is 19.1 Å². The molecule has 4 atom stereocenters. The Bertz CT molecular complexity index is 875. The van der Waals surface area contributed by atoms with E-state index in [2.05, 4.69) is 21.4 Å². The molecule has 43 heavy (non-hydrogen) atoms. The van der Waals surface area contributed by atoms with Crippen molar-refractivity contribution in [1.82, 2.24) is 26.4 Å². The molecule has 0 spiro atoms. The number of hydrogen-bond acceptors (Lipinski definition) is 8. The minimum atomic E-state index is -0.994. The van der Waals surface area contributed by atoms with Crippen LogP contribution in [0.25, 0.3) is 0 Å². The zero-order valence-electron chi connectivity index (χ0n) is 27.2. The second-order valence-corrected chi connectivity index (χ2v) is 13.0. The molecule has 12 nitrogen and oxygen atoms in total. The summed E-state index contributed by atoms with van der Waals surface area (Å²) in [6.45, 7) is 7.99. The zero-order valence-corrected chi connectivity index (χ0v) is 27.2. The van der Waals surface area contributed by atoms with E-state index in [1.807, 2.05) is 27.7 Å². The van der Waals surface area contributed by atoms with E-state index in [1.165, 1.54) is 27.1 Å². The largest absolute Gasteiger partial charge is 0.453 e. The number of carbonyl (C=O) groups excluding carboxylic acids is 4. The summed E-state index contributed by atoms with van der Waals surface area (Å²) >= 11 is 0. The lowest BCUT2D eigenvalue weighted by Crippen LogP contribution is -2.59. The van der Waals surface area contributed by atoms with Crippen molar-refractivity contribution < 1.29 is 33.8 Å². The molecule has 5 N–H and O–H groups in total. The molecular weight excluding hydrogens is 554 g/mol. The van der Waals surface area contributed by atoms with Gasteiger partial charge in [0.1, 0.15) is 12.1 Å². The van der Waals surface area contributed by atoms with Crippen LogP contribution < -0.4 is 21.4 Å². The Kier molecular flexibility index (Phi) is 16.1. The summed E-state index contributed by atoms with van der Waals surface area (Å²) < 4.78 is 9.45. The van der Waals surface area contributed by atoms with Gasteiger partial charge in [0.15, 0.2) is 0 Å². The van der Waals surface area contributed by atoms with Crippen molar-refractivity contribution in [3.05, 3.63) is 0 Å². The molecule has 12 heteroatoms. The number of methoxy groups -OCH3 is 2. The summed E-state index contributed by atoms with van der Waals surface area (Å²) in [5.74, 6) is -0.467. The maximum Gasteiger partial charge on any atom is 0.407 e. The molecule has 4 amide bonds. The molecule has 2 unspecified atom stereocenters. The van der Waals surface area contributed by atoms with Crippen molar-refractivity contribution in [1.29, 1.82) is 0 Å². The van der Waals surface area contributed by atoms with Crippen LogP contribution in [0.2, 0.25) is 0 Å². The van der Waals surface area contributed by atoms with E-state index in [-0.39, 0.29) is 24.3 Å². The summed E-state index contributed by atoms with van der Waals surface area (Å²) in [6.07, 6.45) is 9.21. The lowest BCUT2D eigenvalue weighted by Gasteiger charge is -2.36. The lowest BCUT2D eigenvalue weighted by atomic mass is 9.83. The maximum atomic E-state index is 13.4. The van der Waals surface area contributed by atoms with Gasteiger partial charge in [0.05, 0.1) is 26.4 Å². The molecule has 0 aromatic carbocycles. The molecule has 0 aromatic heterocycles. The predicted octanol–water partition coefficient (Wildman–Crippen LogP) is 3.48. The number of amides is 4. The Morgan fingerprint density at radius 2 is 1.19 bits per heavy atom. The van der Waals surface area contributed by atoms with E-state index in [0.717, 1.165) is 51.4 Å². The smallest absolute Gasteiger partial charge is 0.407 e. The average molecular weight is 612 g/mol. The Labute approximate surface area is 257 Å². The number of ether oxygens (including phenoxy) is 2. The summed E-state index contributed by atoms with van der Waals surface area (Å²) in [5, 5.41) is 21.7. The highest BCUT2D eigenvalue weighted by Crippen LogP contribution is 2.29. The van der Waals surface area contributed by atoms with Crippen LogP contribution in [0.4, 0.5) is 9.59 Å². The van der Waals surface area contributed by atoms with Crippen LogP contribution in [-0.4, -0.2) is 85.7 Å². The molecular formula is C31H57N5O7. The Balaban J connectivity index is 2.26. The quantitative estimate of drug-likeness (QED) is 0.176. The van der Waals surface area contributed by atoms with Crippen molar-refractivity contribution in [2.24, 2.45) is 23.7 Å². The van der Waals surface area contributed by atoms with Crippen molar-refractivity contribution in [3.63, 3.8) is 0 Å². The number of hydrazine groups is 1. The predicted molar refractivity (Wildman–Crippen MR) is 164 cm³/mol. The molecule has 0 aromatic rings. The first-order valence-electron chi connectivity index (χ1n) is 16.2. The van der Waals surface area contributed by atoms with E-state index >= 15 is 0 Å². The van der Waals surface area contributed by atoms with E-state index in [1.54, 1.807) is 5.01 Å². The number of aliphatic hydroxyl groups excluding tert-OH is 1. The van der Waals surface area contributed by atoms with Crippen LogP contribution in [0.1, 0.15) is 98.3 Å². The Hall–Kier alpha value is -2.60. The highest BCUT2D eigenvalue weighted by molar-refractivity contribution is 5.86. The van der Waals surface area contributed by atoms with Gasteiger partial charge < -0.3 is 30.5 Å². The second-order valence-electron chi connectivity index (χ2n) is 13.0. The fourth-order valence-electron chi connectivity index (χ4n) is 6.23. The van der Waals surface area contributed by atoms with Gasteiger partial charge in [-0.05, 0) is 42.9 Å².